The molecule has 1 heterocycles. The maximum atomic E-state index is 3.62. The molecule has 1 N–H and O–H groups in total. The molecule has 0 unspecified atom stereocenters. The van der Waals surface area contributed by atoms with Crippen LogP contribution in [0.25, 0.3) is 0 Å². The Balaban J connectivity index is 2.19. The van der Waals surface area contributed by atoms with Gasteiger partial charge < -0.3 is 10.2 Å². The molecule has 0 fully saturated rings. The minimum Gasteiger partial charge on any atom is -0.383 e. The van der Waals surface area contributed by atoms with Crippen molar-refractivity contribution in [1.29, 1.82) is 0 Å². The molecule has 0 bridgehead atoms. The third-order valence-corrected chi connectivity index (χ3v) is 3.96. The zero-order valence-corrected chi connectivity index (χ0v) is 12.5. The molecule has 1 aliphatic heterocycles. The van der Waals surface area contributed by atoms with Gasteiger partial charge in [0, 0.05) is 19.6 Å². The normalized spacial score (nSPS) is 13.8. The standard InChI is InChI=1S/C17H28N2/c1-3-5-13-19(14-6-4-2)16-11-7-9-15-10-8-12-18-17(15)16/h7,9,11,18H,3-6,8,10,12-14H2,1-2H3. The van der Waals surface area contributed by atoms with E-state index in [0.717, 1.165) is 6.54 Å². The minimum absolute atomic E-state index is 1.12. The van der Waals surface area contributed by atoms with Crippen LogP contribution in [0.1, 0.15) is 51.5 Å². The van der Waals surface area contributed by atoms with Crippen molar-refractivity contribution in [1.82, 2.24) is 0 Å². The predicted molar refractivity (Wildman–Crippen MR) is 85.3 cm³/mol. The first-order valence-corrected chi connectivity index (χ1v) is 7.97. The molecule has 0 saturated carbocycles. The summed E-state index contributed by atoms with van der Waals surface area (Å²) in [7, 11) is 0. The van der Waals surface area contributed by atoms with Crippen molar-refractivity contribution in [3.05, 3.63) is 23.8 Å². The monoisotopic (exact) mass is 260 g/mol. The molecule has 0 amide bonds. The molecule has 106 valence electrons. The van der Waals surface area contributed by atoms with E-state index in [2.05, 4.69) is 42.3 Å². The van der Waals surface area contributed by atoms with Gasteiger partial charge in [-0.05, 0) is 37.3 Å². The SMILES string of the molecule is CCCCN(CCCC)c1cccc2c1NCCC2. The van der Waals surface area contributed by atoms with Crippen LogP contribution < -0.4 is 10.2 Å². The molecule has 1 aromatic carbocycles. The Labute approximate surface area is 118 Å². The van der Waals surface area contributed by atoms with Crippen LogP contribution in [-0.4, -0.2) is 19.6 Å². The highest BCUT2D eigenvalue weighted by atomic mass is 15.1. The van der Waals surface area contributed by atoms with Gasteiger partial charge >= 0.3 is 0 Å². The van der Waals surface area contributed by atoms with Gasteiger partial charge in [-0.2, -0.15) is 0 Å². The fourth-order valence-corrected chi connectivity index (χ4v) is 2.81. The maximum absolute atomic E-state index is 3.62. The van der Waals surface area contributed by atoms with E-state index in [1.165, 1.54) is 68.6 Å². The Bertz CT molecular complexity index is 379. The van der Waals surface area contributed by atoms with Gasteiger partial charge in [0.2, 0.25) is 0 Å². The fraction of sp³-hybridized carbons (Fsp3) is 0.647. The van der Waals surface area contributed by atoms with E-state index in [1.807, 2.05) is 0 Å². The van der Waals surface area contributed by atoms with Gasteiger partial charge in [-0.1, -0.05) is 38.8 Å². The Morgan fingerprint density at radius 1 is 1.11 bits per heavy atom. The van der Waals surface area contributed by atoms with Gasteiger partial charge in [-0.25, -0.2) is 0 Å². The lowest BCUT2D eigenvalue weighted by atomic mass is 10.0. The van der Waals surface area contributed by atoms with Crippen LogP contribution in [0.3, 0.4) is 0 Å². The molecule has 0 saturated heterocycles. The van der Waals surface area contributed by atoms with Crippen LogP contribution in [0.5, 0.6) is 0 Å². The van der Waals surface area contributed by atoms with Crippen molar-refractivity contribution in [2.24, 2.45) is 0 Å². The van der Waals surface area contributed by atoms with Crippen molar-refractivity contribution < 1.29 is 0 Å². The van der Waals surface area contributed by atoms with Crippen LogP contribution in [-0.2, 0) is 6.42 Å². The van der Waals surface area contributed by atoms with Crippen molar-refractivity contribution in [2.45, 2.75) is 52.4 Å². The maximum Gasteiger partial charge on any atom is 0.0610 e. The first kappa shape index (κ1) is 14.2. The summed E-state index contributed by atoms with van der Waals surface area (Å²) in [5, 5.41) is 3.62. The number of unbranched alkanes of at least 4 members (excludes halogenated alkanes) is 2. The lowest BCUT2D eigenvalue weighted by Gasteiger charge is -2.30. The smallest absolute Gasteiger partial charge is 0.0610 e. The Morgan fingerprint density at radius 3 is 2.53 bits per heavy atom. The summed E-state index contributed by atoms with van der Waals surface area (Å²) < 4.78 is 0. The third-order valence-electron chi connectivity index (χ3n) is 3.96. The quantitative estimate of drug-likeness (QED) is 0.779. The average Bonchev–Trinajstić information content (AvgIpc) is 2.47. The van der Waals surface area contributed by atoms with Gasteiger partial charge in [0.15, 0.2) is 0 Å². The number of hydrogen-bond acceptors (Lipinski definition) is 2. The molecule has 0 radical (unpaired) electrons. The summed E-state index contributed by atoms with van der Waals surface area (Å²) in [5.41, 5.74) is 4.34. The van der Waals surface area contributed by atoms with Crippen molar-refractivity contribution in [3.8, 4) is 0 Å². The molecule has 2 heteroatoms. The summed E-state index contributed by atoms with van der Waals surface area (Å²) in [4.78, 5) is 2.59. The van der Waals surface area contributed by atoms with Crippen molar-refractivity contribution >= 4 is 11.4 Å². The second-order valence-corrected chi connectivity index (χ2v) is 5.54. The van der Waals surface area contributed by atoms with Gasteiger partial charge in [0.05, 0.1) is 11.4 Å². The number of aryl methyl sites for hydroxylation is 1. The number of hydrogen-bond donors (Lipinski definition) is 1. The summed E-state index contributed by atoms with van der Waals surface area (Å²) >= 11 is 0. The summed E-state index contributed by atoms with van der Waals surface area (Å²) in [6, 6.07) is 6.80. The first-order valence-electron chi connectivity index (χ1n) is 7.97. The van der Waals surface area contributed by atoms with Gasteiger partial charge in [0.1, 0.15) is 0 Å². The van der Waals surface area contributed by atoms with Crippen LogP contribution in [0.15, 0.2) is 18.2 Å². The second-order valence-electron chi connectivity index (χ2n) is 5.54. The molecule has 0 spiro atoms. The zero-order valence-electron chi connectivity index (χ0n) is 12.5. The van der Waals surface area contributed by atoms with E-state index in [0.29, 0.717) is 0 Å². The number of fused-ring (bicyclic) bond motifs is 1. The third kappa shape index (κ3) is 3.65. The fourth-order valence-electron chi connectivity index (χ4n) is 2.81. The van der Waals surface area contributed by atoms with E-state index in [-0.39, 0.29) is 0 Å². The van der Waals surface area contributed by atoms with Crippen molar-refractivity contribution in [3.63, 3.8) is 0 Å². The minimum atomic E-state index is 1.12. The van der Waals surface area contributed by atoms with Crippen LogP contribution in [0, 0.1) is 0 Å². The second kappa shape index (κ2) is 7.42. The molecular weight excluding hydrogens is 232 g/mol. The van der Waals surface area contributed by atoms with E-state index < -0.39 is 0 Å². The molecule has 1 aromatic rings. The highest BCUT2D eigenvalue weighted by Crippen LogP contribution is 2.33. The van der Waals surface area contributed by atoms with Gasteiger partial charge in [-0.3, -0.25) is 0 Å². The lowest BCUT2D eigenvalue weighted by Crippen LogP contribution is -2.27. The molecule has 0 aliphatic carbocycles. The summed E-state index contributed by atoms with van der Waals surface area (Å²) in [6.45, 7) is 8.05. The lowest BCUT2D eigenvalue weighted by molar-refractivity contribution is 0.677. The van der Waals surface area contributed by atoms with E-state index >= 15 is 0 Å². The molecule has 2 rings (SSSR count). The number of benzene rings is 1. The molecule has 2 nitrogen and oxygen atoms in total. The first-order chi connectivity index (χ1) is 9.36. The van der Waals surface area contributed by atoms with E-state index in [4.69, 9.17) is 0 Å². The summed E-state index contributed by atoms with van der Waals surface area (Å²) in [5.74, 6) is 0. The molecule has 0 aromatic heterocycles. The topological polar surface area (TPSA) is 15.3 Å². The van der Waals surface area contributed by atoms with Gasteiger partial charge in [-0.15, -0.1) is 0 Å². The Morgan fingerprint density at radius 2 is 1.84 bits per heavy atom. The van der Waals surface area contributed by atoms with Crippen molar-refractivity contribution in [2.75, 3.05) is 29.9 Å². The number of nitrogens with one attached hydrogen (secondary N) is 1. The van der Waals surface area contributed by atoms with Gasteiger partial charge in [0.25, 0.3) is 0 Å². The highest BCUT2D eigenvalue weighted by Gasteiger charge is 2.16. The van der Waals surface area contributed by atoms with Crippen LogP contribution >= 0.6 is 0 Å². The molecule has 0 atom stereocenters. The Kier molecular flexibility index (Phi) is 5.56. The van der Waals surface area contributed by atoms with Crippen LogP contribution in [0.4, 0.5) is 11.4 Å². The number of rotatable bonds is 7. The predicted octanol–water partition coefficient (Wildman–Crippen LogP) is 4.45. The van der Waals surface area contributed by atoms with Crippen LogP contribution in [0.2, 0.25) is 0 Å². The average molecular weight is 260 g/mol. The van der Waals surface area contributed by atoms with E-state index in [1.54, 1.807) is 0 Å². The number of anilines is 2. The largest absolute Gasteiger partial charge is 0.383 e. The molecular formula is C17H28N2. The zero-order chi connectivity index (χ0) is 13.5. The Hall–Kier alpha value is -1.18. The number of nitrogens with zero attached hydrogens (tertiary/aromatic N) is 1. The number of para-hydroxylation sites is 1. The highest BCUT2D eigenvalue weighted by molar-refractivity contribution is 5.74. The van der Waals surface area contributed by atoms with E-state index in [9.17, 15) is 0 Å². The summed E-state index contributed by atoms with van der Waals surface area (Å²) in [6.07, 6.45) is 7.60. The molecule has 1 aliphatic rings. The molecule has 19 heavy (non-hydrogen) atoms.